The second-order valence-corrected chi connectivity index (χ2v) is 5.26. The molecule has 1 rings (SSSR count). The van der Waals surface area contributed by atoms with E-state index in [0.717, 1.165) is 29.9 Å². The minimum absolute atomic E-state index is 0.105. The molecule has 19 heavy (non-hydrogen) atoms. The van der Waals surface area contributed by atoms with Crippen LogP contribution in [0.3, 0.4) is 0 Å². The number of hydrogen-bond acceptors (Lipinski definition) is 3. The van der Waals surface area contributed by atoms with E-state index in [-0.39, 0.29) is 5.91 Å². The molecule has 0 aromatic carbocycles. The summed E-state index contributed by atoms with van der Waals surface area (Å²) >= 11 is 0. The third kappa shape index (κ3) is 5.03. The summed E-state index contributed by atoms with van der Waals surface area (Å²) < 4.78 is 1.85. The molecule has 0 fully saturated rings. The van der Waals surface area contributed by atoms with Crippen LogP contribution in [0.2, 0.25) is 0 Å². The van der Waals surface area contributed by atoms with E-state index in [2.05, 4.69) is 29.6 Å². The van der Waals surface area contributed by atoms with E-state index < -0.39 is 0 Å². The van der Waals surface area contributed by atoms with Gasteiger partial charge >= 0.3 is 0 Å². The van der Waals surface area contributed by atoms with Crippen molar-refractivity contribution in [3.63, 3.8) is 0 Å². The first-order valence-corrected chi connectivity index (χ1v) is 6.91. The average molecular weight is 266 g/mol. The molecular formula is C14H26N4O. The Kier molecular flexibility index (Phi) is 6.02. The van der Waals surface area contributed by atoms with Crippen LogP contribution in [0.4, 0.5) is 0 Å². The standard InChI is InChI=1S/C14H26N4O/c1-10(2)15-8-6-7-14(19)16-9-13-11(3)17-18(5)12(13)4/h10,15H,6-9H2,1-5H3,(H,16,19). The Morgan fingerprint density at radius 3 is 2.58 bits per heavy atom. The fourth-order valence-electron chi connectivity index (χ4n) is 1.99. The number of nitrogens with one attached hydrogen (secondary N) is 2. The van der Waals surface area contributed by atoms with Crippen LogP contribution >= 0.6 is 0 Å². The van der Waals surface area contributed by atoms with Gasteiger partial charge in [-0.15, -0.1) is 0 Å². The van der Waals surface area contributed by atoms with E-state index >= 15 is 0 Å². The number of hydrogen-bond donors (Lipinski definition) is 2. The summed E-state index contributed by atoms with van der Waals surface area (Å²) in [5.74, 6) is 0.105. The first-order chi connectivity index (χ1) is 8.91. The number of aromatic nitrogens is 2. The molecule has 1 aromatic heterocycles. The number of aryl methyl sites for hydroxylation is 2. The van der Waals surface area contributed by atoms with Crippen LogP contribution < -0.4 is 10.6 Å². The van der Waals surface area contributed by atoms with Gasteiger partial charge in [0.1, 0.15) is 0 Å². The minimum atomic E-state index is 0.105. The summed E-state index contributed by atoms with van der Waals surface area (Å²) in [5.41, 5.74) is 3.22. The minimum Gasteiger partial charge on any atom is -0.352 e. The van der Waals surface area contributed by atoms with Crippen LogP contribution in [0.5, 0.6) is 0 Å². The van der Waals surface area contributed by atoms with Gasteiger partial charge in [-0.05, 0) is 26.8 Å². The number of rotatable bonds is 7. The van der Waals surface area contributed by atoms with Crippen molar-refractivity contribution in [2.45, 2.75) is 53.1 Å². The molecule has 0 unspecified atom stereocenters. The Labute approximate surface area is 115 Å². The summed E-state index contributed by atoms with van der Waals surface area (Å²) in [5, 5.41) is 10.6. The lowest BCUT2D eigenvalue weighted by molar-refractivity contribution is -0.121. The third-order valence-electron chi connectivity index (χ3n) is 3.25. The summed E-state index contributed by atoms with van der Waals surface area (Å²) in [4.78, 5) is 11.7. The van der Waals surface area contributed by atoms with Gasteiger partial charge in [0.2, 0.25) is 5.91 Å². The second kappa shape index (κ2) is 7.28. The lowest BCUT2D eigenvalue weighted by Crippen LogP contribution is -2.27. The zero-order valence-corrected chi connectivity index (χ0v) is 12.7. The van der Waals surface area contributed by atoms with Gasteiger partial charge in [0.15, 0.2) is 0 Å². The molecule has 1 amide bonds. The molecule has 0 atom stereocenters. The maximum Gasteiger partial charge on any atom is 0.220 e. The zero-order valence-electron chi connectivity index (χ0n) is 12.7. The highest BCUT2D eigenvalue weighted by Crippen LogP contribution is 2.11. The molecule has 0 radical (unpaired) electrons. The normalized spacial score (nSPS) is 11.1. The maximum absolute atomic E-state index is 11.7. The Bertz CT molecular complexity index is 423. The number of carbonyl (C=O) groups is 1. The van der Waals surface area contributed by atoms with Crippen molar-refractivity contribution in [1.82, 2.24) is 20.4 Å². The quantitative estimate of drug-likeness (QED) is 0.734. The molecule has 0 bridgehead atoms. The Morgan fingerprint density at radius 1 is 1.37 bits per heavy atom. The van der Waals surface area contributed by atoms with Gasteiger partial charge in [0.05, 0.1) is 5.69 Å². The van der Waals surface area contributed by atoms with E-state index in [1.165, 1.54) is 0 Å². The third-order valence-corrected chi connectivity index (χ3v) is 3.25. The molecule has 5 heteroatoms. The van der Waals surface area contributed by atoms with Crippen molar-refractivity contribution in [2.75, 3.05) is 6.54 Å². The molecule has 0 aliphatic rings. The molecular weight excluding hydrogens is 240 g/mol. The molecule has 0 saturated heterocycles. The summed E-state index contributed by atoms with van der Waals surface area (Å²) in [7, 11) is 1.92. The lowest BCUT2D eigenvalue weighted by atomic mass is 10.2. The number of carbonyl (C=O) groups excluding carboxylic acids is 1. The van der Waals surface area contributed by atoms with Gasteiger partial charge in [-0.3, -0.25) is 9.48 Å². The predicted octanol–water partition coefficient (Wildman–Crippen LogP) is 1.43. The number of nitrogens with zero attached hydrogens (tertiary/aromatic N) is 2. The Balaban J connectivity index is 2.30. The van der Waals surface area contributed by atoms with Gasteiger partial charge in [-0.25, -0.2) is 0 Å². The van der Waals surface area contributed by atoms with Crippen molar-refractivity contribution < 1.29 is 4.79 Å². The first kappa shape index (κ1) is 15.7. The highest BCUT2D eigenvalue weighted by Gasteiger charge is 2.10. The molecule has 108 valence electrons. The summed E-state index contributed by atoms with van der Waals surface area (Å²) in [6.45, 7) is 9.66. The SMILES string of the molecule is Cc1nn(C)c(C)c1CNC(=O)CCCNC(C)C. The van der Waals surface area contributed by atoms with Crippen molar-refractivity contribution in [3.8, 4) is 0 Å². The van der Waals surface area contributed by atoms with Crippen LogP contribution in [0.15, 0.2) is 0 Å². The van der Waals surface area contributed by atoms with Crippen molar-refractivity contribution in [3.05, 3.63) is 17.0 Å². The second-order valence-electron chi connectivity index (χ2n) is 5.26. The van der Waals surface area contributed by atoms with Crippen molar-refractivity contribution >= 4 is 5.91 Å². The summed E-state index contributed by atoms with van der Waals surface area (Å²) in [6.07, 6.45) is 1.44. The van der Waals surface area contributed by atoms with E-state index in [1.807, 2.05) is 25.6 Å². The molecule has 0 aliphatic heterocycles. The monoisotopic (exact) mass is 266 g/mol. The molecule has 1 aromatic rings. The van der Waals surface area contributed by atoms with E-state index in [0.29, 0.717) is 19.0 Å². The number of amides is 1. The van der Waals surface area contributed by atoms with E-state index in [1.54, 1.807) is 0 Å². The fraction of sp³-hybridized carbons (Fsp3) is 0.714. The lowest BCUT2D eigenvalue weighted by Gasteiger charge is -2.08. The fourth-order valence-corrected chi connectivity index (χ4v) is 1.99. The highest BCUT2D eigenvalue weighted by molar-refractivity contribution is 5.75. The van der Waals surface area contributed by atoms with E-state index in [9.17, 15) is 4.79 Å². The van der Waals surface area contributed by atoms with Crippen molar-refractivity contribution in [1.29, 1.82) is 0 Å². The van der Waals surface area contributed by atoms with Crippen LogP contribution in [0.1, 0.15) is 43.6 Å². The molecule has 2 N–H and O–H groups in total. The first-order valence-electron chi connectivity index (χ1n) is 6.91. The summed E-state index contributed by atoms with van der Waals surface area (Å²) in [6, 6.07) is 0.476. The predicted molar refractivity (Wildman–Crippen MR) is 76.9 cm³/mol. The molecule has 0 saturated carbocycles. The maximum atomic E-state index is 11.7. The van der Waals surface area contributed by atoms with Crippen LogP contribution in [0.25, 0.3) is 0 Å². The largest absolute Gasteiger partial charge is 0.352 e. The van der Waals surface area contributed by atoms with Gasteiger partial charge in [0, 0.05) is 37.3 Å². The smallest absolute Gasteiger partial charge is 0.220 e. The molecule has 5 nitrogen and oxygen atoms in total. The van der Waals surface area contributed by atoms with Gasteiger partial charge in [-0.2, -0.15) is 5.10 Å². The Morgan fingerprint density at radius 2 is 2.05 bits per heavy atom. The van der Waals surface area contributed by atoms with Crippen molar-refractivity contribution in [2.24, 2.45) is 7.05 Å². The van der Waals surface area contributed by atoms with Gasteiger partial charge in [0.25, 0.3) is 0 Å². The van der Waals surface area contributed by atoms with Crippen LogP contribution in [0, 0.1) is 13.8 Å². The molecule has 0 aliphatic carbocycles. The highest BCUT2D eigenvalue weighted by atomic mass is 16.1. The Hall–Kier alpha value is -1.36. The van der Waals surface area contributed by atoms with Crippen LogP contribution in [-0.2, 0) is 18.4 Å². The van der Waals surface area contributed by atoms with Crippen LogP contribution in [-0.4, -0.2) is 28.3 Å². The molecule has 1 heterocycles. The zero-order chi connectivity index (χ0) is 14.4. The molecule has 0 spiro atoms. The topological polar surface area (TPSA) is 59.0 Å². The average Bonchev–Trinajstić information content (AvgIpc) is 2.57. The van der Waals surface area contributed by atoms with Gasteiger partial charge < -0.3 is 10.6 Å². The van der Waals surface area contributed by atoms with Gasteiger partial charge in [-0.1, -0.05) is 13.8 Å². The van der Waals surface area contributed by atoms with E-state index in [4.69, 9.17) is 0 Å².